The molecule has 3 aromatic rings. The molecular formula is C21H21FN2O. The fraction of sp³-hybridized carbons (Fsp3) is 0.286. The number of amides is 1. The summed E-state index contributed by atoms with van der Waals surface area (Å²) < 4.78 is 13.1. The third-order valence-corrected chi connectivity index (χ3v) is 5.04. The molecule has 0 aliphatic carbocycles. The predicted octanol–water partition coefficient (Wildman–Crippen LogP) is 4.64. The van der Waals surface area contributed by atoms with Gasteiger partial charge in [-0.15, -0.1) is 0 Å². The Kier molecular flexibility index (Phi) is 4.04. The van der Waals surface area contributed by atoms with Gasteiger partial charge in [0.25, 0.3) is 5.91 Å². The van der Waals surface area contributed by atoms with Crippen LogP contribution in [0.3, 0.4) is 0 Å². The van der Waals surface area contributed by atoms with Crippen LogP contribution in [-0.2, 0) is 0 Å². The molecule has 1 saturated heterocycles. The monoisotopic (exact) mass is 336 g/mol. The molecular weight excluding hydrogens is 315 g/mol. The molecule has 2 aromatic carbocycles. The number of piperidine rings is 1. The summed E-state index contributed by atoms with van der Waals surface area (Å²) in [5.74, 6) is -0.0241. The minimum absolute atomic E-state index is 0.0170. The molecule has 0 saturated carbocycles. The molecule has 1 N–H and O–H groups in total. The number of H-pyrrole nitrogens is 1. The van der Waals surface area contributed by atoms with Crippen molar-refractivity contribution >= 4 is 16.8 Å². The second-order valence-electron chi connectivity index (χ2n) is 6.91. The van der Waals surface area contributed by atoms with E-state index >= 15 is 0 Å². The number of aryl methyl sites for hydroxylation is 1. The highest BCUT2D eigenvalue weighted by molar-refractivity contribution is 5.94. The van der Waals surface area contributed by atoms with Crippen molar-refractivity contribution in [1.82, 2.24) is 9.88 Å². The summed E-state index contributed by atoms with van der Waals surface area (Å²) in [6.07, 6.45) is 2.05. The van der Waals surface area contributed by atoms with Crippen LogP contribution in [-0.4, -0.2) is 28.9 Å². The molecule has 2 heterocycles. The van der Waals surface area contributed by atoms with Gasteiger partial charge in [0.1, 0.15) is 5.82 Å². The molecule has 1 unspecified atom stereocenters. The van der Waals surface area contributed by atoms with Gasteiger partial charge in [0.15, 0.2) is 0 Å². The second kappa shape index (κ2) is 6.36. The van der Waals surface area contributed by atoms with Crippen LogP contribution in [0.15, 0.2) is 48.5 Å². The summed E-state index contributed by atoms with van der Waals surface area (Å²) in [4.78, 5) is 18.1. The Morgan fingerprint density at radius 1 is 1.16 bits per heavy atom. The number of likely N-dealkylation sites (tertiary alicyclic amines) is 1. The highest BCUT2D eigenvalue weighted by Crippen LogP contribution is 2.30. The molecule has 0 radical (unpaired) electrons. The third-order valence-electron chi connectivity index (χ3n) is 5.04. The molecule has 25 heavy (non-hydrogen) atoms. The van der Waals surface area contributed by atoms with Crippen LogP contribution < -0.4 is 0 Å². The number of fused-ring (bicyclic) bond motifs is 1. The Bertz CT molecular complexity index is 913. The number of halogens is 1. The van der Waals surface area contributed by atoms with Crippen LogP contribution >= 0.6 is 0 Å². The van der Waals surface area contributed by atoms with Gasteiger partial charge in [-0.3, -0.25) is 4.79 Å². The largest absolute Gasteiger partial charge is 0.358 e. The second-order valence-corrected chi connectivity index (χ2v) is 6.91. The lowest BCUT2D eigenvalue weighted by atomic mass is 9.94. The van der Waals surface area contributed by atoms with Crippen LogP contribution in [0.1, 0.15) is 40.4 Å². The smallest absolute Gasteiger partial charge is 0.253 e. The lowest BCUT2D eigenvalue weighted by Gasteiger charge is -2.32. The topological polar surface area (TPSA) is 36.1 Å². The maximum Gasteiger partial charge on any atom is 0.253 e. The van der Waals surface area contributed by atoms with Crippen molar-refractivity contribution in [2.24, 2.45) is 0 Å². The number of aromatic nitrogens is 1. The molecule has 3 nitrogen and oxygen atoms in total. The normalized spacial score (nSPS) is 17.8. The minimum atomic E-state index is -0.318. The number of aromatic amines is 1. The summed E-state index contributed by atoms with van der Waals surface area (Å²) in [7, 11) is 0. The van der Waals surface area contributed by atoms with E-state index in [9.17, 15) is 9.18 Å². The zero-order chi connectivity index (χ0) is 17.4. The first kappa shape index (κ1) is 15.9. The quantitative estimate of drug-likeness (QED) is 0.727. The highest BCUT2D eigenvalue weighted by atomic mass is 19.1. The van der Waals surface area contributed by atoms with Crippen molar-refractivity contribution in [2.75, 3.05) is 13.1 Å². The lowest BCUT2D eigenvalue weighted by Crippen LogP contribution is -2.39. The van der Waals surface area contributed by atoms with Gasteiger partial charge in [-0.05, 0) is 67.6 Å². The standard InChI is InChI=1S/C21H21FN2O/c1-14-4-9-19-17(11-14)12-20(23-19)16-3-2-10-24(13-16)21(25)15-5-7-18(22)8-6-15/h4-9,11-12,16,23H,2-3,10,13H2,1H3. The average molecular weight is 336 g/mol. The Hall–Kier alpha value is -2.62. The molecule has 128 valence electrons. The number of rotatable bonds is 2. The van der Waals surface area contributed by atoms with Crippen LogP contribution in [0, 0.1) is 12.7 Å². The minimum Gasteiger partial charge on any atom is -0.358 e. The predicted molar refractivity (Wildman–Crippen MR) is 97.3 cm³/mol. The molecule has 0 bridgehead atoms. The molecule has 1 aliphatic rings. The number of benzene rings is 2. The molecule has 4 rings (SSSR count). The molecule has 1 aliphatic heterocycles. The van der Waals surface area contributed by atoms with Gasteiger partial charge in [0.05, 0.1) is 0 Å². The van der Waals surface area contributed by atoms with Crippen LogP contribution in [0.4, 0.5) is 4.39 Å². The summed E-state index contributed by atoms with van der Waals surface area (Å²) in [5, 5.41) is 1.22. The summed E-state index contributed by atoms with van der Waals surface area (Å²) >= 11 is 0. The van der Waals surface area contributed by atoms with Crippen molar-refractivity contribution in [2.45, 2.75) is 25.7 Å². The first-order chi connectivity index (χ1) is 12.1. The zero-order valence-corrected chi connectivity index (χ0v) is 14.3. The Morgan fingerprint density at radius 2 is 1.96 bits per heavy atom. The van der Waals surface area contributed by atoms with Crippen LogP contribution in [0.2, 0.25) is 0 Å². The summed E-state index contributed by atoms with van der Waals surface area (Å²) in [5.41, 5.74) is 4.13. The van der Waals surface area contributed by atoms with Crippen LogP contribution in [0.5, 0.6) is 0 Å². The van der Waals surface area contributed by atoms with Gasteiger partial charge in [-0.1, -0.05) is 11.6 Å². The van der Waals surface area contributed by atoms with E-state index in [2.05, 4.69) is 36.2 Å². The highest BCUT2D eigenvalue weighted by Gasteiger charge is 2.26. The first-order valence-corrected chi connectivity index (χ1v) is 8.74. The van der Waals surface area contributed by atoms with Gasteiger partial charge in [-0.2, -0.15) is 0 Å². The van der Waals surface area contributed by atoms with E-state index in [1.165, 1.54) is 28.8 Å². The molecule has 1 amide bonds. The van der Waals surface area contributed by atoms with E-state index in [0.29, 0.717) is 18.0 Å². The van der Waals surface area contributed by atoms with Crippen molar-refractivity contribution in [3.63, 3.8) is 0 Å². The number of hydrogen-bond acceptors (Lipinski definition) is 1. The fourth-order valence-electron chi connectivity index (χ4n) is 3.68. The maximum absolute atomic E-state index is 13.1. The first-order valence-electron chi connectivity index (χ1n) is 8.74. The summed E-state index contributed by atoms with van der Waals surface area (Å²) in [6.45, 7) is 3.55. The molecule has 1 aromatic heterocycles. The lowest BCUT2D eigenvalue weighted by molar-refractivity contribution is 0.0706. The molecule has 4 heteroatoms. The van der Waals surface area contributed by atoms with E-state index in [0.717, 1.165) is 24.9 Å². The number of nitrogens with zero attached hydrogens (tertiary/aromatic N) is 1. The van der Waals surface area contributed by atoms with E-state index in [-0.39, 0.29) is 11.7 Å². The summed E-state index contributed by atoms with van der Waals surface area (Å²) in [6, 6.07) is 14.4. The Labute approximate surface area is 146 Å². The van der Waals surface area contributed by atoms with Crippen molar-refractivity contribution in [1.29, 1.82) is 0 Å². The zero-order valence-electron chi connectivity index (χ0n) is 14.3. The van der Waals surface area contributed by atoms with Crippen molar-refractivity contribution in [3.05, 3.63) is 71.2 Å². The molecule has 1 atom stereocenters. The Balaban J connectivity index is 1.55. The van der Waals surface area contributed by atoms with Gasteiger partial charge in [-0.25, -0.2) is 4.39 Å². The van der Waals surface area contributed by atoms with E-state index in [4.69, 9.17) is 0 Å². The number of carbonyl (C=O) groups excluding carboxylic acids is 1. The van der Waals surface area contributed by atoms with Gasteiger partial charge >= 0.3 is 0 Å². The van der Waals surface area contributed by atoms with Gasteiger partial charge in [0.2, 0.25) is 0 Å². The molecule has 1 fully saturated rings. The van der Waals surface area contributed by atoms with E-state index in [1.807, 2.05) is 4.90 Å². The fourth-order valence-corrected chi connectivity index (χ4v) is 3.68. The number of hydrogen-bond donors (Lipinski definition) is 1. The average Bonchev–Trinajstić information content (AvgIpc) is 3.05. The van der Waals surface area contributed by atoms with Crippen LogP contribution in [0.25, 0.3) is 10.9 Å². The van der Waals surface area contributed by atoms with Gasteiger partial charge < -0.3 is 9.88 Å². The number of carbonyl (C=O) groups is 1. The van der Waals surface area contributed by atoms with Crippen molar-refractivity contribution in [3.8, 4) is 0 Å². The third kappa shape index (κ3) is 3.16. The van der Waals surface area contributed by atoms with E-state index in [1.54, 1.807) is 12.1 Å². The Morgan fingerprint density at radius 3 is 2.76 bits per heavy atom. The number of nitrogens with one attached hydrogen (secondary N) is 1. The SMILES string of the molecule is Cc1ccc2[nH]c(C3CCCN(C(=O)c4ccc(F)cc4)C3)cc2c1. The van der Waals surface area contributed by atoms with Gasteiger partial charge in [0, 0.05) is 35.8 Å². The van der Waals surface area contributed by atoms with E-state index < -0.39 is 0 Å². The maximum atomic E-state index is 13.1. The van der Waals surface area contributed by atoms with Crippen molar-refractivity contribution < 1.29 is 9.18 Å². The molecule has 0 spiro atoms.